The number of carboxylic acid groups (broad SMARTS) is 1. The maximum absolute atomic E-state index is 13.4. The summed E-state index contributed by atoms with van der Waals surface area (Å²) in [5.74, 6) is -1.55. The second-order valence-corrected chi connectivity index (χ2v) is 6.68. The number of allylic oxidation sites excluding steroid dienone is 1. The molecule has 28 heavy (non-hydrogen) atoms. The minimum absolute atomic E-state index is 0.0726. The van der Waals surface area contributed by atoms with E-state index in [9.17, 15) is 14.3 Å². The van der Waals surface area contributed by atoms with Gasteiger partial charge in [-0.3, -0.25) is 0 Å². The minimum atomic E-state index is -1.09. The molecule has 0 amide bonds. The number of fused-ring (bicyclic) bond motifs is 1. The first kappa shape index (κ1) is 21.7. The van der Waals surface area contributed by atoms with E-state index in [1.165, 1.54) is 18.3 Å². The van der Waals surface area contributed by atoms with Crippen molar-refractivity contribution in [2.75, 3.05) is 13.7 Å². The van der Waals surface area contributed by atoms with E-state index in [-0.39, 0.29) is 5.56 Å². The highest BCUT2D eigenvalue weighted by molar-refractivity contribution is 6.30. The number of hydrogen-bond donors (Lipinski definition) is 1. The Hall–Kier alpha value is -2.63. The summed E-state index contributed by atoms with van der Waals surface area (Å²) in [6.45, 7) is 7.42. The van der Waals surface area contributed by atoms with Crippen molar-refractivity contribution in [3.8, 4) is 0 Å². The van der Waals surface area contributed by atoms with E-state index in [1.807, 2.05) is 12.1 Å². The summed E-state index contributed by atoms with van der Waals surface area (Å²) in [5.41, 5.74) is 2.44. The van der Waals surface area contributed by atoms with Crippen LogP contribution in [0.15, 0.2) is 55.2 Å². The molecule has 6 heteroatoms. The number of carbonyl (C=O) groups is 1. The third-order valence-electron chi connectivity index (χ3n) is 4.10. The first-order valence-corrected chi connectivity index (χ1v) is 9.19. The van der Waals surface area contributed by atoms with E-state index in [1.54, 1.807) is 29.9 Å². The number of benzene rings is 2. The van der Waals surface area contributed by atoms with Gasteiger partial charge in [-0.05, 0) is 47.9 Å². The van der Waals surface area contributed by atoms with E-state index in [4.69, 9.17) is 16.3 Å². The van der Waals surface area contributed by atoms with E-state index < -0.39 is 11.8 Å². The summed E-state index contributed by atoms with van der Waals surface area (Å²) in [5, 5.41) is 10.3. The first-order valence-electron chi connectivity index (χ1n) is 8.81. The predicted octanol–water partition coefficient (Wildman–Crippen LogP) is 5.89. The van der Waals surface area contributed by atoms with Gasteiger partial charge in [0.2, 0.25) is 0 Å². The van der Waals surface area contributed by atoms with Crippen molar-refractivity contribution in [3.05, 3.63) is 77.2 Å². The molecule has 1 aromatic heterocycles. The summed E-state index contributed by atoms with van der Waals surface area (Å²) in [4.78, 5) is 11.4. The van der Waals surface area contributed by atoms with E-state index >= 15 is 0 Å². The average Bonchev–Trinajstić information content (AvgIpc) is 3.01. The number of carboxylic acids is 1. The second kappa shape index (κ2) is 10.1. The van der Waals surface area contributed by atoms with Gasteiger partial charge in [0, 0.05) is 42.4 Å². The Labute approximate surface area is 168 Å². The van der Waals surface area contributed by atoms with Gasteiger partial charge in [-0.1, -0.05) is 37.2 Å². The Morgan fingerprint density at radius 3 is 2.46 bits per heavy atom. The Morgan fingerprint density at radius 2 is 1.93 bits per heavy atom. The first-order chi connectivity index (χ1) is 13.4. The monoisotopic (exact) mass is 403 g/mol. The van der Waals surface area contributed by atoms with Crippen molar-refractivity contribution in [1.82, 2.24) is 4.57 Å². The van der Waals surface area contributed by atoms with Crippen LogP contribution in [0.2, 0.25) is 5.02 Å². The van der Waals surface area contributed by atoms with Crippen LogP contribution in [0.3, 0.4) is 0 Å². The van der Waals surface area contributed by atoms with Crippen LogP contribution in [0.4, 0.5) is 4.39 Å². The van der Waals surface area contributed by atoms with E-state index in [0.717, 1.165) is 24.2 Å². The van der Waals surface area contributed by atoms with Gasteiger partial charge in [-0.15, -0.1) is 0 Å². The minimum Gasteiger partial charge on any atom is -0.478 e. The molecule has 0 spiro atoms. The zero-order valence-electron chi connectivity index (χ0n) is 15.9. The molecule has 0 unspecified atom stereocenters. The SMILES string of the molecule is C=C(Cn1cc(C(=O)O)c2cc(F)ccc21)c1ccc(Cl)cc1.CCCOC. The topological polar surface area (TPSA) is 51.5 Å². The number of halogens is 2. The predicted molar refractivity (Wildman–Crippen MR) is 112 cm³/mol. The maximum atomic E-state index is 13.4. The molecular formula is C22H23ClFNO3. The molecule has 0 fully saturated rings. The van der Waals surface area contributed by atoms with Gasteiger partial charge in [0.25, 0.3) is 0 Å². The van der Waals surface area contributed by atoms with E-state index in [2.05, 4.69) is 13.5 Å². The van der Waals surface area contributed by atoms with Crippen LogP contribution in [0, 0.1) is 5.82 Å². The molecule has 0 atom stereocenters. The Morgan fingerprint density at radius 1 is 1.25 bits per heavy atom. The van der Waals surface area contributed by atoms with Gasteiger partial charge in [0.15, 0.2) is 0 Å². The molecule has 1 heterocycles. The van der Waals surface area contributed by atoms with Gasteiger partial charge < -0.3 is 14.4 Å². The third kappa shape index (κ3) is 5.44. The number of ether oxygens (including phenoxy) is 1. The fraction of sp³-hybridized carbons (Fsp3) is 0.227. The van der Waals surface area contributed by atoms with Crippen LogP contribution in [0.1, 0.15) is 29.3 Å². The molecule has 0 radical (unpaired) electrons. The van der Waals surface area contributed by atoms with Gasteiger partial charge in [-0.2, -0.15) is 0 Å². The lowest BCUT2D eigenvalue weighted by Crippen LogP contribution is -1.99. The zero-order chi connectivity index (χ0) is 20.7. The molecule has 0 saturated heterocycles. The van der Waals surface area contributed by atoms with Gasteiger partial charge in [0.1, 0.15) is 5.82 Å². The number of nitrogens with zero attached hydrogens (tertiary/aromatic N) is 1. The number of aromatic carboxylic acids is 1. The van der Waals surface area contributed by atoms with Crippen molar-refractivity contribution in [3.63, 3.8) is 0 Å². The quantitative estimate of drug-likeness (QED) is 0.558. The molecule has 1 N–H and O–H groups in total. The van der Waals surface area contributed by atoms with Crippen LogP contribution in [-0.2, 0) is 11.3 Å². The van der Waals surface area contributed by atoms with Crippen LogP contribution in [-0.4, -0.2) is 29.4 Å². The zero-order valence-corrected chi connectivity index (χ0v) is 16.7. The second-order valence-electron chi connectivity index (χ2n) is 6.24. The molecule has 3 rings (SSSR count). The summed E-state index contributed by atoms with van der Waals surface area (Å²) >= 11 is 5.87. The van der Waals surface area contributed by atoms with Crippen molar-refractivity contribution >= 4 is 34.0 Å². The van der Waals surface area contributed by atoms with Crippen molar-refractivity contribution in [2.24, 2.45) is 0 Å². The molecule has 4 nitrogen and oxygen atoms in total. The number of methoxy groups -OCH3 is 1. The van der Waals surface area contributed by atoms with E-state index in [0.29, 0.717) is 22.5 Å². The molecule has 2 aromatic carbocycles. The molecule has 0 aliphatic rings. The summed E-state index contributed by atoms with van der Waals surface area (Å²) in [6, 6.07) is 11.4. The molecule has 3 aromatic rings. The fourth-order valence-corrected chi connectivity index (χ4v) is 2.88. The smallest absolute Gasteiger partial charge is 0.337 e. The number of rotatable bonds is 6. The van der Waals surface area contributed by atoms with Crippen LogP contribution in [0.5, 0.6) is 0 Å². The normalized spacial score (nSPS) is 10.4. The van der Waals surface area contributed by atoms with Crippen LogP contribution < -0.4 is 0 Å². The fourth-order valence-electron chi connectivity index (χ4n) is 2.76. The highest BCUT2D eigenvalue weighted by Crippen LogP contribution is 2.25. The van der Waals surface area contributed by atoms with Gasteiger partial charge in [0.05, 0.1) is 5.56 Å². The molecule has 0 saturated carbocycles. The third-order valence-corrected chi connectivity index (χ3v) is 4.35. The number of hydrogen-bond acceptors (Lipinski definition) is 2. The van der Waals surface area contributed by atoms with Crippen molar-refractivity contribution < 1.29 is 19.0 Å². The van der Waals surface area contributed by atoms with Crippen molar-refractivity contribution in [1.29, 1.82) is 0 Å². The van der Waals surface area contributed by atoms with Crippen LogP contribution in [0.25, 0.3) is 16.5 Å². The summed E-state index contributed by atoms with van der Waals surface area (Å²) in [7, 11) is 1.71. The molecule has 0 bridgehead atoms. The molecule has 0 aliphatic carbocycles. The Bertz CT molecular complexity index is 962. The van der Waals surface area contributed by atoms with Crippen molar-refractivity contribution in [2.45, 2.75) is 19.9 Å². The lowest BCUT2D eigenvalue weighted by Gasteiger charge is -2.09. The largest absolute Gasteiger partial charge is 0.478 e. The van der Waals surface area contributed by atoms with Crippen LogP contribution >= 0.6 is 11.6 Å². The molecule has 0 aliphatic heterocycles. The number of aromatic nitrogens is 1. The molecular weight excluding hydrogens is 381 g/mol. The summed E-state index contributed by atoms with van der Waals surface area (Å²) in [6.07, 6.45) is 2.63. The lowest BCUT2D eigenvalue weighted by atomic mass is 10.1. The highest BCUT2D eigenvalue weighted by atomic mass is 35.5. The highest BCUT2D eigenvalue weighted by Gasteiger charge is 2.15. The Kier molecular flexibility index (Phi) is 7.79. The molecule has 148 valence electrons. The lowest BCUT2D eigenvalue weighted by molar-refractivity contribution is 0.0699. The summed E-state index contributed by atoms with van der Waals surface area (Å²) < 4.78 is 19.9. The van der Waals surface area contributed by atoms with Gasteiger partial charge >= 0.3 is 5.97 Å². The Balaban J connectivity index is 0.000000500. The average molecular weight is 404 g/mol. The van der Waals surface area contributed by atoms with Gasteiger partial charge in [-0.25, -0.2) is 9.18 Å². The standard InChI is InChI=1S/C18H13ClFNO2.C4H10O/c1-11(12-2-4-13(19)5-3-12)9-21-10-16(18(22)23)15-8-14(20)6-7-17(15)21;1-3-4-5-2/h2-8,10H,1,9H2,(H,22,23);3-4H2,1-2H3. The maximum Gasteiger partial charge on any atom is 0.337 e.